The molecule has 0 unspecified atom stereocenters. The minimum Gasteiger partial charge on any atom is -0.411 e. The van der Waals surface area contributed by atoms with Gasteiger partial charge in [-0.05, 0) is 42.5 Å². The highest BCUT2D eigenvalue weighted by Gasteiger charge is 2.13. The van der Waals surface area contributed by atoms with Gasteiger partial charge in [0, 0.05) is 23.2 Å². The van der Waals surface area contributed by atoms with Crippen LogP contribution in [0.15, 0.2) is 52.1 Å². The van der Waals surface area contributed by atoms with Gasteiger partial charge in [-0.25, -0.2) is 0 Å². The number of nitrogens with zero attached hydrogens (tertiary/aromatic N) is 2. The standard InChI is InChI=1S/C18H14Cl2N4O3S/c1-10(25)21-13-6-7-14(20)15(8-13)22-16(26)9-28-18-24-23-17(27-18)11-2-4-12(19)5-3-11/h2-8H,9H2,1H3,(H,21,25)(H,22,26). The molecule has 0 saturated carbocycles. The molecule has 2 amide bonds. The van der Waals surface area contributed by atoms with E-state index in [2.05, 4.69) is 20.8 Å². The smallest absolute Gasteiger partial charge is 0.277 e. The molecule has 0 aliphatic rings. The van der Waals surface area contributed by atoms with Gasteiger partial charge >= 0.3 is 0 Å². The Labute approximate surface area is 174 Å². The molecule has 0 radical (unpaired) electrons. The maximum absolute atomic E-state index is 12.2. The van der Waals surface area contributed by atoms with Crippen LogP contribution in [0.25, 0.3) is 11.5 Å². The van der Waals surface area contributed by atoms with E-state index in [-0.39, 0.29) is 22.8 Å². The van der Waals surface area contributed by atoms with Crippen molar-refractivity contribution in [3.8, 4) is 11.5 Å². The summed E-state index contributed by atoms with van der Waals surface area (Å²) in [6, 6.07) is 11.8. The van der Waals surface area contributed by atoms with Crippen LogP contribution in [0.3, 0.4) is 0 Å². The first-order valence-electron chi connectivity index (χ1n) is 8.00. The van der Waals surface area contributed by atoms with E-state index in [1.807, 2.05) is 0 Å². The van der Waals surface area contributed by atoms with Gasteiger partial charge in [0.1, 0.15) is 0 Å². The summed E-state index contributed by atoms with van der Waals surface area (Å²) in [5, 5.41) is 14.4. The molecule has 1 aromatic heterocycles. The zero-order valence-electron chi connectivity index (χ0n) is 14.5. The lowest BCUT2D eigenvalue weighted by Gasteiger charge is -2.09. The van der Waals surface area contributed by atoms with Gasteiger partial charge in [0.25, 0.3) is 5.22 Å². The number of carbonyl (C=O) groups is 2. The number of amides is 2. The molecule has 0 aliphatic heterocycles. The maximum atomic E-state index is 12.2. The molecule has 10 heteroatoms. The third kappa shape index (κ3) is 5.48. The zero-order chi connectivity index (χ0) is 20.1. The highest BCUT2D eigenvalue weighted by molar-refractivity contribution is 7.99. The molecule has 7 nitrogen and oxygen atoms in total. The van der Waals surface area contributed by atoms with Crippen molar-refractivity contribution in [2.45, 2.75) is 12.1 Å². The average molecular weight is 437 g/mol. The predicted molar refractivity (Wildman–Crippen MR) is 110 cm³/mol. The summed E-state index contributed by atoms with van der Waals surface area (Å²) in [5.74, 6) is -0.144. The summed E-state index contributed by atoms with van der Waals surface area (Å²) in [6.07, 6.45) is 0. The van der Waals surface area contributed by atoms with Gasteiger partial charge in [-0.1, -0.05) is 35.0 Å². The molecule has 0 saturated heterocycles. The van der Waals surface area contributed by atoms with Crippen LogP contribution in [0.4, 0.5) is 11.4 Å². The van der Waals surface area contributed by atoms with Crippen LogP contribution in [0.2, 0.25) is 10.0 Å². The molecule has 2 aromatic carbocycles. The molecule has 0 bridgehead atoms. The first-order valence-corrected chi connectivity index (χ1v) is 9.74. The monoisotopic (exact) mass is 436 g/mol. The fourth-order valence-electron chi connectivity index (χ4n) is 2.19. The third-order valence-corrected chi connectivity index (χ3v) is 4.79. The summed E-state index contributed by atoms with van der Waals surface area (Å²) < 4.78 is 5.54. The summed E-state index contributed by atoms with van der Waals surface area (Å²) in [5.41, 5.74) is 1.66. The molecule has 0 spiro atoms. The summed E-state index contributed by atoms with van der Waals surface area (Å²) in [7, 11) is 0. The predicted octanol–water partition coefficient (Wildman–Crippen LogP) is 4.73. The maximum Gasteiger partial charge on any atom is 0.277 e. The Morgan fingerprint density at radius 2 is 1.82 bits per heavy atom. The Morgan fingerprint density at radius 1 is 1.07 bits per heavy atom. The van der Waals surface area contributed by atoms with Crippen molar-refractivity contribution in [1.82, 2.24) is 10.2 Å². The van der Waals surface area contributed by atoms with E-state index in [0.717, 1.165) is 17.3 Å². The lowest BCUT2D eigenvalue weighted by Crippen LogP contribution is -2.15. The second-order valence-corrected chi connectivity index (χ2v) is 7.36. The van der Waals surface area contributed by atoms with Gasteiger partial charge in [0.15, 0.2) is 0 Å². The summed E-state index contributed by atoms with van der Waals surface area (Å²) in [6.45, 7) is 1.40. The van der Waals surface area contributed by atoms with Gasteiger partial charge in [0.2, 0.25) is 17.7 Å². The molecular weight excluding hydrogens is 423 g/mol. The first kappa shape index (κ1) is 20.2. The molecular formula is C18H14Cl2N4O3S. The van der Waals surface area contributed by atoms with Crippen molar-refractivity contribution in [2.24, 2.45) is 0 Å². The van der Waals surface area contributed by atoms with Gasteiger partial charge < -0.3 is 15.1 Å². The lowest BCUT2D eigenvalue weighted by molar-refractivity contribution is -0.114. The number of carbonyl (C=O) groups excluding carboxylic acids is 2. The molecule has 28 heavy (non-hydrogen) atoms. The molecule has 0 atom stereocenters. The van der Waals surface area contributed by atoms with Gasteiger partial charge in [-0.3, -0.25) is 9.59 Å². The number of nitrogens with one attached hydrogen (secondary N) is 2. The van der Waals surface area contributed by atoms with Crippen molar-refractivity contribution in [1.29, 1.82) is 0 Å². The fourth-order valence-corrected chi connectivity index (χ4v) is 3.05. The number of hydrogen-bond donors (Lipinski definition) is 2. The van der Waals surface area contributed by atoms with Crippen LogP contribution in [0, 0.1) is 0 Å². The third-order valence-electron chi connectivity index (χ3n) is 3.39. The van der Waals surface area contributed by atoms with E-state index in [9.17, 15) is 9.59 Å². The van der Waals surface area contributed by atoms with E-state index in [0.29, 0.717) is 27.3 Å². The molecule has 0 aliphatic carbocycles. The number of halogens is 2. The van der Waals surface area contributed by atoms with Crippen LogP contribution in [0.1, 0.15) is 6.92 Å². The Morgan fingerprint density at radius 3 is 2.54 bits per heavy atom. The second kappa shape index (κ2) is 9.09. The normalized spacial score (nSPS) is 10.5. The van der Waals surface area contributed by atoms with E-state index in [1.54, 1.807) is 42.5 Å². The van der Waals surface area contributed by atoms with Crippen molar-refractivity contribution in [3.63, 3.8) is 0 Å². The van der Waals surface area contributed by atoms with E-state index in [1.165, 1.54) is 6.92 Å². The molecule has 3 aromatic rings. The minimum atomic E-state index is -0.307. The second-order valence-electron chi connectivity index (χ2n) is 5.59. The van der Waals surface area contributed by atoms with Gasteiger partial charge in [-0.2, -0.15) is 0 Å². The number of aromatic nitrogens is 2. The van der Waals surface area contributed by atoms with Crippen molar-refractivity contribution in [3.05, 3.63) is 52.5 Å². The van der Waals surface area contributed by atoms with Gasteiger partial charge in [-0.15, -0.1) is 10.2 Å². The molecule has 3 rings (SSSR count). The van der Waals surface area contributed by atoms with Gasteiger partial charge in [0.05, 0.1) is 16.5 Å². The summed E-state index contributed by atoms with van der Waals surface area (Å²) in [4.78, 5) is 23.4. The topological polar surface area (TPSA) is 97.1 Å². The van der Waals surface area contributed by atoms with Crippen LogP contribution in [0.5, 0.6) is 0 Å². The summed E-state index contributed by atoms with van der Waals surface area (Å²) >= 11 is 13.0. The van der Waals surface area contributed by atoms with Crippen LogP contribution < -0.4 is 10.6 Å². The lowest BCUT2D eigenvalue weighted by atomic mass is 10.2. The van der Waals surface area contributed by atoms with E-state index < -0.39 is 0 Å². The molecule has 2 N–H and O–H groups in total. The van der Waals surface area contributed by atoms with Crippen LogP contribution in [-0.2, 0) is 9.59 Å². The fraction of sp³-hybridized carbons (Fsp3) is 0.111. The number of rotatable bonds is 6. The Kier molecular flexibility index (Phi) is 6.56. The number of benzene rings is 2. The Bertz CT molecular complexity index is 1010. The Hall–Kier alpha value is -2.55. The number of hydrogen-bond acceptors (Lipinski definition) is 6. The SMILES string of the molecule is CC(=O)Nc1ccc(Cl)c(NC(=O)CSc2nnc(-c3ccc(Cl)cc3)o2)c1. The molecule has 144 valence electrons. The van der Waals surface area contributed by atoms with Crippen LogP contribution >= 0.6 is 35.0 Å². The highest BCUT2D eigenvalue weighted by atomic mass is 35.5. The Balaban J connectivity index is 1.59. The largest absolute Gasteiger partial charge is 0.411 e. The number of anilines is 2. The quantitative estimate of drug-likeness (QED) is 0.541. The van der Waals surface area contributed by atoms with E-state index >= 15 is 0 Å². The van der Waals surface area contributed by atoms with E-state index in [4.69, 9.17) is 27.6 Å². The average Bonchev–Trinajstić information content (AvgIpc) is 3.12. The van der Waals surface area contributed by atoms with Crippen molar-refractivity contribution < 1.29 is 14.0 Å². The first-order chi connectivity index (χ1) is 13.4. The van der Waals surface area contributed by atoms with Crippen molar-refractivity contribution in [2.75, 3.05) is 16.4 Å². The highest BCUT2D eigenvalue weighted by Crippen LogP contribution is 2.27. The molecule has 1 heterocycles. The number of thioether (sulfide) groups is 1. The molecule has 0 fully saturated rings. The van der Waals surface area contributed by atoms with Crippen molar-refractivity contribution >= 4 is 58.2 Å². The van der Waals surface area contributed by atoms with Crippen LogP contribution in [-0.4, -0.2) is 27.8 Å². The minimum absolute atomic E-state index is 0.0446. The zero-order valence-corrected chi connectivity index (χ0v) is 16.9.